The van der Waals surface area contributed by atoms with Gasteiger partial charge in [-0.25, -0.2) is 0 Å². The Morgan fingerprint density at radius 2 is 1.30 bits per heavy atom. The number of thiophene rings is 1. The van der Waals surface area contributed by atoms with Crippen LogP contribution in [0.2, 0.25) is 0 Å². The molecule has 2 aromatic heterocycles. The Morgan fingerprint density at radius 1 is 0.566 bits per heavy atom. The number of benzene rings is 7. The summed E-state index contributed by atoms with van der Waals surface area (Å²) in [6.45, 7) is 0. The Labute approximate surface area is 315 Å². The minimum atomic E-state index is 0.514. The number of thioether (sulfide) groups is 1. The second-order valence-corrected chi connectivity index (χ2v) is 16.9. The number of hydrogen-bond donors (Lipinski definition) is 0. The molecule has 0 radical (unpaired) electrons. The van der Waals surface area contributed by atoms with Gasteiger partial charge >= 0.3 is 0 Å². The molecule has 250 valence electrons. The highest BCUT2D eigenvalue weighted by Crippen LogP contribution is 2.54. The third kappa shape index (κ3) is 4.45. The zero-order valence-corrected chi connectivity index (χ0v) is 30.6. The number of aromatic nitrogens is 1. The summed E-state index contributed by atoms with van der Waals surface area (Å²) >= 11 is 3.97. The first kappa shape index (κ1) is 29.9. The monoisotopic (exact) mass is 711 g/mol. The van der Waals surface area contributed by atoms with E-state index in [-0.39, 0.29) is 0 Å². The fourth-order valence-electron chi connectivity index (χ4n) is 9.35. The second kappa shape index (κ2) is 11.4. The van der Waals surface area contributed by atoms with Crippen LogP contribution in [-0.4, -0.2) is 9.82 Å². The molecule has 2 atom stereocenters. The summed E-state index contributed by atoms with van der Waals surface area (Å²) in [7, 11) is 0. The number of hydrogen-bond acceptors (Lipinski definition) is 2. The van der Waals surface area contributed by atoms with Gasteiger partial charge in [0.05, 0.1) is 11.0 Å². The predicted molar refractivity (Wildman–Crippen MR) is 232 cm³/mol. The number of rotatable bonds is 3. The van der Waals surface area contributed by atoms with E-state index >= 15 is 0 Å². The highest BCUT2D eigenvalue weighted by molar-refractivity contribution is 8.04. The number of fused-ring (bicyclic) bond motifs is 11. The summed E-state index contributed by atoms with van der Waals surface area (Å²) < 4.78 is 5.19. The summed E-state index contributed by atoms with van der Waals surface area (Å²) in [5.74, 6) is 0.525. The Morgan fingerprint density at radius 3 is 2.21 bits per heavy atom. The number of allylic oxidation sites excluding steroid dienone is 6. The lowest BCUT2D eigenvalue weighted by Gasteiger charge is -2.19. The molecule has 53 heavy (non-hydrogen) atoms. The topological polar surface area (TPSA) is 4.93 Å². The maximum absolute atomic E-state index is 2.50. The maximum atomic E-state index is 2.50. The van der Waals surface area contributed by atoms with E-state index in [1.54, 1.807) is 5.57 Å². The van der Waals surface area contributed by atoms with Crippen LogP contribution in [0, 0.1) is 5.92 Å². The fourth-order valence-corrected chi connectivity index (χ4v) is 12.1. The van der Waals surface area contributed by atoms with Crippen molar-refractivity contribution < 1.29 is 0 Å². The molecule has 0 amide bonds. The SMILES string of the molecule is C1=CC2SC3=C(CCC=C3c3ccc4c(c3)c3cc(-c5cccc6c5sc5ccccc56)ccc3n4-c3ccc4ccc5ccccc5c4c3)C2C=C1. The molecule has 2 aliphatic carbocycles. The summed E-state index contributed by atoms with van der Waals surface area (Å²) in [6, 6.07) is 50.3. The average molecular weight is 712 g/mol. The third-order valence-corrected chi connectivity index (χ3v) is 14.5. The third-order valence-electron chi connectivity index (χ3n) is 11.8. The molecular formula is C50H33NS2. The molecule has 12 rings (SSSR count). The van der Waals surface area contributed by atoms with E-state index < -0.39 is 0 Å². The molecule has 3 heteroatoms. The van der Waals surface area contributed by atoms with E-state index in [1.165, 1.54) is 96.4 Å². The summed E-state index contributed by atoms with van der Waals surface area (Å²) in [5.41, 5.74) is 10.6. The van der Waals surface area contributed by atoms with Gasteiger partial charge in [-0.1, -0.05) is 121 Å². The van der Waals surface area contributed by atoms with E-state index in [2.05, 4.69) is 180 Å². The molecule has 1 aliphatic heterocycles. The van der Waals surface area contributed by atoms with E-state index in [0.29, 0.717) is 11.2 Å². The lowest BCUT2D eigenvalue weighted by atomic mass is 9.84. The van der Waals surface area contributed by atoms with Crippen LogP contribution in [0.1, 0.15) is 18.4 Å². The first-order valence-corrected chi connectivity index (χ1v) is 20.3. The quantitative estimate of drug-likeness (QED) is 0.165. The standard InChI is InChI=1S/C50H33NS2/c1-2-10-35-30(9-1)19-20-31-21-24-34(29-42(31)35)51-45-25-22-32(36-13-7-15-40-38-11-3-5-17-47(38)52-49(36)40)27-43(45)44-28-33(23-26-46(44)51)37-14-8-16-41-39-12-4-6-18-48(39)53-50(37)41/h1-7,9-15,17-29,39,48H,8,16H2. The van der Waals surface area contributed by atoms with Crippen molar-refractivity contribution in [1.82, 2.24) is 4.57 Å². The Balaban J connectivity index is 1.10. The first-order valence-electron chi connectivity index (χ1n) is 18.6. The van der Waals surface area contributed by atoms with Gasteiger partial charge in [0, 0.05) is 52.7 Å². The minimum Gasteiger partial charge on any atom is -0.309 e. The van der Waals surface area contributed by atoms with Crippen molar-refractivity contribution in [3.63, 3.8) is 0 Å². The summed E-state index contributed by atoms with van der Waals surface area (Å²) in [6.07, 6.45) is 14.0. The molecule has 0 N–H and O–H groups in total. The molecule has 0 saturated carbocycles. The van der Waals surface area contributed by atoms with Crippen molar-refractivity contribution in [2.75, 3.05) is 0 Å². The Kier molecular flexibility index (Phi) is 6.46. The van der Waals surface area contributed by atoms with Crippen molar-refractivity contribution in [2.45, 2.75) is 18.1 Å². The van der Waals surface area contributed by atoms with Gasteiger partial charge in [-0.05, 0) is 105 Å². The molecule has 0 fully saturated rings. The van der Waals surface area contributed by atoms with Gasteiger partial charge in [-0.3, -0.25) is 0 Å². The smallest absolute Gasteiger partial charge is 0.0541 e. The molecule has 1 nitrogen and oxygen atoms in total. The van der Waals surface area contributed by atoms with Gasteiger partial charge < -0.3 is 4.57 Å². The second-order valence-electron chi connectivity index (χ2n) is 14.7. The van der Waals surface area contributed by atoms with E-state index in [0.717, 1.165) is 12.8 Å². The van der Waals surface area contributed by atoms with Crippen LogP contribution in [0.5, 0.6) is 0 Å². The largest absolute Gasteiger partial charge is 0.309 e. The van der Waals surface area contributed by atoms with Crippen molar-refractivity contribution in [3.8, 4) is 16.8 Å². The zero-order valence-electron chi connectivity index (χ0n) is 28.9. The van der Waals surface area contributed by atoms with Crippen LogP contribution in [0.25, 0.3) is 85.9 Å². The van der Waals surface area contributed by atoms with Crippen LogP contribution in [-0.2, 0) is 0 Å². The first-order chi connectivity index (χ1) is 26.3. The molecule has 0 bridgehead atoms. The van der Waals surface area contributed by atoms with Gasteiger partial charge in [-0.15, -0.1) is 23.1 Å². The van der Waals surface area contributed by atoms with Crippen LogP contribution in [0.15, 0.2) is 174 Å². The van der Waals surface area contributed by atoms with Crippen molar-refractivity contribution in [2.24, 2.45) is 5.92 Å². The van der Waals surface area contributed by atoms with Gasteiger partial charge in [0.25, 0.3) is 0 Å². The Bertz CT molecular complexity index is 3160. The molecule has 0 spiro atoms. The minimum absolute atomic E-state index is 0.514. The predicted octanol–water partition coefficient (Wildman–Crippen LogP) is 14.4. The van der Waals surface area contributed by atoms with Crippen LogP contribution in [0.4, 0.5) is 0 Å². The fraction of sp³-hybridized carbons (Fsp3) is 0.0800. The Hall–Kier alpha value is -5.61. The molecule has 2 unspecified atom stereocenters. The molecule has 3 heterocycles. The van der Waals surface area contributed by atoms with Crippen LogP contribution >= 0.6 is 23.1 Å². The van der Waals surface area contributed by atoms with Crippen molar-refractivity contribution in [1.29, 1.82) is 0 Å². The van der Waals surface area contributed by atoms with Crippen molar-refractivity contribution in [3.05, 3.63) is 180 Å². The lowest BCUT2D eigenvalue weighted by molar-refractivity contribution is 0.739. The molecule has 7 aromatic carbocycles. The van der Waals surface area contributed by atoms with E-state index in [4.69, 9.17) is 0 Å². The highest BCUT2D eigenvalue weighted by Gasteiger charge is 2.36. The lowest BCUT2D eigenvalue weighted by Crippen LogP contribution is -2.12. The van der Waals surface area contributed by atoms with Gasteiger partial charge in [0.1, 0.15) is 0 Å². The summed E-state index contributed by atoms with van der Waals surface area (Å²) in [5, 5.41) is 10.9. The average Bonchev–Trinajstić information content (AvgIpc) is 3.90. The molecular weight excluding hydrogens is 679 g/mol. The van der Waals surface area contributed by atoms with E-state index in [1.807, 2.05) is 11.3 Å². The molecule has 9 aromatic rings. The van der Waals surface area contributed by atoms with Gasteiger partial charge in [0.15, 0.2) is 0 Å². The number of nitrogens with zero attached hydrogens (tertiary/aromatic N) is 1. The van der Waals surface area contributed by atoms with Crippen LogP contribution in [0.3, 0.4) is 0 Å². The summed E-state index contributed by atoms with van der Waals surface area (Å²) in [4.78, 5) is 1.50. The molecule has 3 aliphatic rings. The highest BCUT2D eigenvalue weighted by atomic mass is 32.2. The zero-order chi connectivity index (χ0) is 34.6. The normalized spacial score (nSPS) is 18.2. The van der Waals surface area contributed by atoms with Gasteiger partial charge in [-0.2, -0.15) is 0 Å². The van der Waals surface area contributed by atoms with Crippen LogP contribution < -0.4 is 0 Å². The van der Waals surface area contributed by atoms with E-state index in [9.17, 15) is 0 Å². The molecule has 0 saturated heterocycles. The van der Waals surface area contributed by atoms with Crippen molar-refractivity contribution >= 4 is 92.2 Å². The maximum Gasteiger partial charge on any atom is 0.0541 e. The van der Waals surface area contributed by atoms with Gasteiger partial charge in [0.2, 0.25) is 0 Å².